The first-order valence-electron chi connectivity index (χ1n) is 6.71. The van der Waals surface area contributed by atoms with E-state index in [0.29, 0.717) is 4.47 Å². The van der Waals surface area contributed by atoms with Gasteiger partial charge in [0.15, 0.2) is 0 Å². The molecule has 1 aliphatic rings. The predicted octanol–water partition coefficient (Wildman–Crippen LogP) is 4.38. The number of fused-ring (bicyclic) bond motifs is 1. The van der Waals surface area contributed by atoms with Gasteiger partial charge < -0.3 is 9.67 Å². The van der Waals surface area contributed by atoms with Crippen molar-refractivity contribution in [2.45, 2.75) is 32.8 Å². The van der Waals surface area contributed by atoms with Crippen molar-refractivity contribution in [2.24, 2.45) is 5.41 Å². The van der Waals surface area contributed by atoms with Gasteiger partial charge in [-0.1, -0.05) is 13.8 Å². The second-order valence-electron chi connectivity index (χ2n) is 6.25. The van der Waals surface area contributed by atoms with Crippen molar-refractivity contribution < 1.29 is 9.50 Å². The van der Waals surface area contributed by atoms with Gasteiger partial charge in [-0.2, -0.15) is 0 Å². The van der Waals surface area contributed by atoms with Crippen LogP contribution >= 0.6 is 15.9 Å². The van der Waals surface area contributed by atoms with Crippen LogP contribution in [0.15, 0.2) is 34.9 Å². The molecule has 1 aliphatic carbocycles. The van der Waals surface area contributed by atoms with Crippen molar-refractivity contribution in [3.63, 3.8) is 0 Å². The largest absolute Gasteiger partial charge is 0.388 e. The van der Waals surface area contributed by atoms with Crippen LogP contribution < -0.4 is 0 Å². The highest BCUT2D eigenvalue weighted by atomic mass is 79.9. The third kappa shape index (κ3) is 2.31. The minimum atomic E-state index is -0.435. The summed E-state index contributed by atoms with van der Waals surface area (Å²) in [7, 11) is 0. The quantitative estimate of drug-likeness (QED) is 0.820. The van der Waals surface area contributed by atoms with Crippen LogP contribution in [0, 0.1) is 11.2 Å². The minimum absolute atomic E-state index is 0.0520. The summed E-state index contributed by atoms with van der Waals surface area (Å²) in [5.41, 5.74) is 2.89. The van der Waals surface area contributed by atoms with Crippen LogP contribution in [0.5, 0.6) is 0 Å². The molecule has 3 rings (SSSR count). The SMILES string of the molecule is CC1(C)Cc2c(ccn2-c2ccc(Br)c(F)c2)C(O)C1. The Labute approximate surface area is 126 Å². The van der Waals surface area contributed by atoms with Gasteiger partial charge in [-0.15, -0.1) is 0 Å². The summed E-state index contributed by atoms with van der Waals surface area (Å²) in [5, 5.41) is 10.3. The van der Waals surface area contributed by atoms with E-state index in [1.807, 2.05) is 22.9 Å². The fourth-order valence-electron chi connectivity index (χ4n) is 3.01. The molecule has 0 bridgehead atoms. The van der Waals surface area contributed by atoms with Gasteiger partial charge >= 0.3 is 0 Å². The Balaban J connectivity index is 2.10. The highest BCUT2D eigenvalue weighted by Gasteiger charge is 2.33. The van der Waals surface area contributed by atoms with Gasteiger partial charge in [-0.25, -0.2) is 4.39 Å². The van der Waals surface area contributed by atoms with E-state index < -0.39 is 6.10 Å². The van der Waals surface area contributed by atoms with Crippen molar-refractivity contribution >= 4 is 15.9 Å². The molecule has 0 radical (unpaired) electrons. The number of rotatable bonds is 1. The van der Waals surface area contributed by atoms with Gasteiger partial charge in [0.05, 0.1) is 10.6 Å². The summed E-state index contributed by atoms with van der Waals surface area (Å²) in [6.45, 7) is 4.30. The molecule has 20 heavy (non-hydrogen) atoms. The van der Waals surface area contributed by atoms with Crippen molar-refractivity contribution in [2.75, 3.05) is 0 Å². The Morgan fingerprint density at radius 1 is 1.35 bits per heavy atom. The zero-order valence-electron chi connectivity index (χ0n) is 11.5. The molecule has 106 valence electrons. The van der Waals surface area contributed by atoms with Gasteiger partial charge in [0.1, 0.15) is 5.82 Å². The fraction of sp³-hybridized carbons (Fsp3) is 0.375. The number of hydrogen-bond donors (Lipinski definition) is 1. The lowest BCUT2D eigenvalue weighted by Gasteiger charge is -2.34. The van der Waals surface area contributed by atoms with E-state index in [4.69, 9.17) is 0 Å². The molecular weight excluding hydrogens is 321 g/mol. The van der Waals surface area contributed by atoms with E-state index in [2.05, 4.69) is 29.8 Å². The van der Waals surface area contributed by atoms with Crippen molar-refractivity contribution in [1.82, 2.24) is 4.57 Å². The Morgan fingerprint density at radius 2 is 2.10 bits per heavy atom. The van der Waals surface area contributed by atoms with Gasteiger partial charge in [-0.05, 0) is 58.5 Å². The van der Waals surface area contributed by atoms with Crippen molar-refractivity contribution in [1.29, 1.82) is 0 Å². The number of aliphatic hydroxyl groups excluding tert-OH is 1. The lowest BCUT2D eigenvalue weighted by molar-refractivity contribution is 0.0987. The third-order valence-corrected chi connectivity index (χ3v) is 4.60. The fourth-order valence-corrected chi connectivity index (χ4v) is 3.25. The van der Waals surface area contributed by atoms with Crippen LogP contribution in [-0.2, 0) is 6.42 Å². The third-order valence-electron chi connectivity index (χ3n) is 3.96. The van der Waals surface area contributed by atoms with Gasteiger partial charge in [0.25, 0.3) is 0 Å². The summed E-state index contributed by atoms with van der Waals surface area (Å²) in [6, 6.07) is 7.04. The molecule has 1 aromatic carbocycles. The molecule has 0 amide bonds. The molecule has 0 saturated carbocycles. The molecule has 1 atom stereocenters. The second kappa shape index (κ2) is 4.71. The Hall–Kier alpha value is -1.13. The van der Waals surface area contributed by atoms with Crippen LogP contribution in [0.2, 0.25) is 0 Å². The average molecular weight is 338 g/mol. The maximum atomic E-state index is 13.7. The molecule has 2 nitrogen and oxygen atoms in total. The molecule has 0 saturated heterocycles. The molecule has 4 heteroatoms. The Kier molecular flexibility index (Phi) is 3.26. The predicted molar refractivity (Wildman–Crippen MR) is 80.5 cm³/mol. The molecule has 0 aliphatic heterocycles. The van der Waals surface area contributed by atoms with E-state index in [-0.39, 0.29) is 11.2 Å². The second-order valence-corrected chi connectivity index (χ2v) is 7.10. The summed E-state index contributed by atoms with van der Waals surface area (Å²) < 4.78 is 16.2. The molecular formula is C16H17BrFNO. The normalized spacial score (nSPS) is 20.8. The summed E-state index contributed by atoms with van der Waals surface area (Å²) >= 11 is 3.17. The average Bonchev–Trinajstić information content (AvgIpc) is 2.75. The summed E-state index contributed by atoms with van der Waals surface area (Å²) in [5.74, 6) is -0.277. The highest BCUT2D eigenvalue weighted by molar-refractivity contribution is 9.10. The molecule has 1 aromatic heterocycles. The van der Waals surface area contributed by atoms with Crippen LogP contribution in [-0.4, -0.2) is 9.67 Å². The standard InChI is InChI=1S/C16H17BrFNO/c1-16(2)8-14-11(15(20)9-16)5-6-19(14)10-3-4-12(17)13(18)7-10/h3-7,15,20H,8-9H2,1-2H3. The topological polar surface area (TPSA) is 25.2 Å². The smallest absolute Gasteiger partial charge is 0.139 e. The van der Waals surface area contributed by atoms with Crippen molar-refractivity contribution in [3.8, 4) is 5.69 Å². The van der Waals surface area contributed by atoms with E-state index >= 15 is 0 Å². The van der Waals surface area contributed by atoms with E-state index in [1.54, 1.807) is 6.07 Å². The van der Waals surface area contributed by atoms with Gasteiger partial charge in [-0.3, -0.25) is 0 Å². The molecule has 1 unspecified atom stereocenters. The molecule has 2 aromatic rings. The lowest BCUT2D eigenvalue weighted by atomic mass is 9.75. The maximum absolute atomic E-state index is 13.7. The van der Waals surface area contributed by atoms with Crippen LogP contribution in [0.3, 0.4) is 0 Å². The van der Waals surface area contributed by atoms with E-state index in [1.165, 1.54) is 6.07 Å². The zero-order valence-corrected chi connectivity index (χ0v) is 13.1. The first-order valence-corrected chi connectivity index (χ1v) is 7.50. The van der Waals surface area contributed by atoms with Gasteiger partial charge in [0.2, 0.25) is 0 Å². The monoisotopic (exact) mass is 337 g/mol. The van der Waals surface area contributed by atoms with Crippen LogP contribution in [0.1, 0.15) is 37.6 Å². The Bertz CT molecular complexity index is 662. The maximum Gasteiger partial charge on any atom is 0.139 e. The number of hydrogen-bond acceptors (Lipinski definition) is 1. The number of halogens is 2. The van der Waals surface area contributed by atoms with Crippen molar-refractivity contribution in [3.05, 3.63) is 52.0 Å². The summed E-state index contributed by atoms with van der Waals surface area (Å²) in [6.07, 6.45) is 3.12. The zero-order chi connectivity index (χ0) is 14.5. The first kappa shape index (κ1) is 13.8. The number of aliphatic hydroxyl groups is 1. The first-order chi connectivity index (χ1) is 9.37. The number of nitrogens with zero attached hydrogens (tertiary/aromatic N) is 1. The summed E-state index contributed by atoms with van der Waals surface area (Å²) in [4.78, 5) is 0. The highest BCUT2D eigenvalue weighted by Crippen LogP contribution is 2.41. The number of benzene rings is 1. The van der Waals surface area contributed by atoms with Crippen LogP contribution in [0.4, 0.5) is 4.39 Å². The Morgan fingerprint density at radius 3 is 2.80 bits per heavy atom. The van der Waals surface area contributed by atoms with E-state index in [0.717, 1.165) is 29.8 Å². The minimum Gasteiger partial charge on any atom is -0.388 e. The lowest BCUT2D eigenvalue weighted by Crippen LogP contribution is -2.26. The molecule has 0 spiro atoms. The molecule has 0 fully saturated rings. The number of aromatic nitrogens is 1. The van der Waals surface area contributed by atoms with E-state index in [9.17, 15) is 9.50 Å². The molecule has 1 heterocycles. The van der Waals surface area contributed by atoms with Gasteiger partial charge in [0, 0.05) is 23.1 Å². The van der Waals surface area contributed by atoms with Crippen LogP contribution in [0.25, 0.3) is 5.69 Å². The molecule has 1 N–H and O–H groups in total.